The number of nitrogens with two attached hydrogens (primary N) is 1. The minimum absolute atomic E-state index is 0.187. The van der Waals surface area contributed by atoms with Crippen LogP contribution in [0.15, 0.2) is 18.2 Å². The summed E-state index contributed by atoms with van der Waals surface area (Å²) in [6.45, 7) is 2.60. The van der Waals surface area contributed by atoms with Gasteiger partial charge in [-0.1, -0.05) is 6.07 Å². The van der Waals surface area contributed by atoms with Crippen LogP contribution >= 0.6 is 0 Å². The van der Waals surface area contributed by atoms with Gasteiger partial charge in [-0.3, -0.25) is 0 Å². The van der Waals surface area contributed by atoms with Gasteiger partial charge in [0.15, 0.2) is 0 Å². The molecule has 2 rings (SSSR count). The van der Waals surface area contributed by atoms with Gasteiger partial charge in [0.25, 0.3) is 0 Å². The third-order valence-electron chi connectivity index (χ3n) is 2.77. The zero-order valence-electron chi connectivity index (χ0n) is 8.49. The smallest absolute Gasteiger partial charge is 0.213 e. The standard InChI is InChI=1S/C11H16N2O/c1-2-14-10-6-3-5-9(13-10)11(12)7-4-8-11/h3,5-6H,2,4,7-8,12H2,1H3. The maximum Gasteiger partial charge on any atom is 0.213 e. The number of hydrogen-bond acceptors (Lipinski definition) is 3. The second-order valence-corrected chi connectivity index (χ2v) is 3.80. The first kappa shape index (κ1) is 9.46. The van der Waals surface area contributed by atoms with E-state index < -0.39 is 0 Å². The predicted molar refractivity (Wildman–Crippen MR) is 55.1 cm³/mol. The van der Waals surface area contributed by atoms with Crippen molar-refractivity contribution in [1.82, 2.24) is 4.98 Å². The Hall–Kier alpha value is -1.09. The molecule has 0 unspecified atom stereocenters. The average molecular weight is 192 g/mol. The minimum atomic E-state index is -0.187. The van der Waals surface area contributed by atoms with E-state index in [2.05, 4.69) is 4.98 Å². The molecule has 76 valence electrons. The summed E-state index contributed by atoms with van der Waals surface area (Å²) in [5.74, 6) is 0.682. The Bertz CT molecular complexity index is 321. The predicted octanol–water partition coefficient (Wildman–Crippen LogP) is 1.82. The maximum atomic E-state index is 6.17. The number of rotatable bonds is 3. The zero-order chi connectivity index (χ0) is 10.0. The molecule has 0 aliphatic heterocycles. The van der Waals surface area contributed by atoms with Crippen LogP contribution in [-0.4, -0.2) is 11.6 Å². The number of hydrogen-bond donors (Lipinski definition) is 1. The zero-order valence-corrected chi connectivity index (χ0v) is 8.49. The van der Waals surface area contributed by atoms with Gasteiger partial charge in [-0.05, 0) is 32.3 Å². The summed E-state index contributed by atoms with van der Waals surface area (Å²) in [4.78, 5) is 4.41. The Morgan fingerprint density at radius 2 is 2.29 bits per heavy atom. The normalized spacial score (nSPS) is 18.7. The van der Waals surface area contributed by atoms with Crippen molar-refractivity contribution >= 4 is 0 Å². The number of ether oxygens (including phenoxy) is 1. The summed E-state index contributed by atoms with van der Waals surface area (Å²) in [6.07, 6.45) is 3.28. The fourth-order valence-corrected chi connectivity index (χ4v) is 1.73. The van der Waals surface area contributed by atoms with Crippen molar-refractivity contribution in [3.8, 4) is 5.88 Å². The lowest BCUT2D eigenvalue weighted by atomic mass is 9.75. The van der Waals surface area contributed by atoms with Gasteiger partial charge in [0.1, 0.15) is 0 Å². The highest BCUT2D eigenvalue weighted by Gasteiger charge is 2.35. The van der Waals surface area contributed by atoms with Crippen molar-refractivity contribution in [2.75, 3.05) is 6.61 Å². The molecule has 0 amide bonds. The molecule has 2 N–H and O–H groups in total. The van der Waals surface area contributed by atoms with Crippen molar-refractivity contribution in [3.05, 3.63) is 23.9 Å². The molecule has 0 bridgehead atoms. The van der Waals surface area contributed by atoms with Gasteiger partial charge >= 0.3 is 0 Å². The molecule has 1 saturated carbocycles. The van der Waals surface area contributed by atoms with Crippen molar-refractivity contribution in [3.63, 3.8) is 0 Å². The molecular weight excluding hydrogens is 176 g/mol. The summed E-state index contributed by atoms with van der Waals surface area (Å²) in [5.41, 5.74) is 6.95. The van der Waals surface area contributed by atoms with E-state index in [0.717, 1.165) is 18.5 Å². The lowest BCUT2D eigenvalue weighted by molar-refractivity contribution is 0.241. The van der Waals surface area contributed by atoms with Gasteiger partial charge in [-0.2, -0.15) is 0 Å². The van der Waals surface area contributed by atoms with Gasteiger partial charge in [0, 0.05) is 6.07 Å². The molecule has 1 heterocycles. The SMILES string of the molecule is CCOc1cccc(C2(N)CCC2)n1. The van der Waals surface area contributed by atoms with E-state index in [1.165, 1.54) is 6.42 Å². The van der Waals surface area contributed by atoms with Crippen LogP contribution in [0.1, 0.15) is 31.9 Å². The molecule has 1 aliphatic rings. The third-order valence-corrected chi connectivity index (χ3v) is 2.77. The van der Waals surface area contributed by atoms with E-state index >= 15 is 0 Å². The molecule has 0 saturated heterocycles. The van der Waals surface area contributed by atoms with Crippen LogP contribution in [0, 0.1) is 0 Å². The maximum absolute atomic E-state index is 6.17. The lowest BCUT2D eigenvalue weighted by Crippen LogP contribution is -2.44. The molecule has 1 aromatic heterocycles. The van der Waals surface area contributed by atoms with E-state index in [-0.39, 0.29) is 5.54 Å². The van der Waals surface area contributed by atoms with Gasteiger partial charge in [-0.25, -0.2) is 4.98 Å². The molecule has 14 heavy (non-hydrogen) atoms. The highest BCUT2D eigenvalue weighted by atomic mass is 16.5. The van der Waals surface area contributed by atoms with Gasteiger partial charge in [0.2, 0.25) is 5.88 Å². The summed E-state index contributed by atoms with van der Waals surface area (Å²) >= 11 is 0. The van der Waals surface area contributed by atoms with E-state index in [4.69, 9.17) is 10.5 Å². The van der Waals surface area contributed by atoms with Gasteiger partial charge < -0.3 is 10.5 Å². The fourth-order valence-electron chi connectivity index (χ4n) is 1.73. The Morgan fingerprint density at radius 3 is 2.86 bits per heavy atom. The molecule has 3 nitrogen and oxygen atoms in total. The Morgan fingerprint density at radius 1 is 1.50 bits per heavy atom. The van der Waals surface area contributed by atoms with Crippen LogP contribution in [0.25, 0.3) is 0 Å². The van der Waals surface area contributed by atoms with Gasteiger partial charge in [-0.15, -0.1) is 0 Å². The molecule has 0 spiro atoms. The van der Waals surface area contributed by atoms with Crippen LogP contribution in [-0.2, 0) is 5.54 Å². The molecule has 1 aromatic rings. The Labute approximate surface area is 84.3 Å². The van der Waals surface area contributed by atoms with Crippen LogP contribution in [0.4, 0.5) is 0 Å². The van der Waals surface area contributed by atoms with E-state index in [1.54, 1.807) is 0 Å². The molecule has 0 aromatic carbocycles. The van der Waals surface area contributed by atoms with Crippen LogP contribution < -0.4 is 10.5 Å². The van der Waals surface area contributed by atoms with Crippen molar-refractivity contribution in [2.45, 2.75) is 31.7 Å². The van der Waals surface area contributed by atoms with Crippen LogP contribution in [0.5, 0.6) is 5.88 Å². The summed E-state index contributed by atoms with van der Waals surface area (Å²) < 4.78 is 5.34. The van der Waals surface area contributed by atoms with E-state index in [9.17, 15) is 0 Å². The molecule has 1 fully saturated rings. The van der Waals surface area contributed by atoms with E-state index in [1.807, 2.05) is 25.1 Å². The van der Waals surface area contributed by atoms with Gasteiger partial charge in [0.05, 0.1) is 17.8 Å². The van der Waals surface area contributed by atoms with Crippen LogP contribution in [0.3, 0.4) is 0 Å². The first-order valence-corrected chi connectivity index (χ1v) is 5.14. The molecule has 0 atom stereocenters. The van der Waals surface area contributed by atoms with Crippen molar-refractivity contribution < 1.29 is 4.74 Å². The summed E-state index contributed by atoms with van der Waals surface area (Å²) in [5, 5.41) is 0. The largest absolute Gasteiger partial charge is 0.478 e. The first-order chi connectivity index (χ1) is 6.74. The lowest BCUT2D eigenvalue weighted by Gasteiger charge is -2.37. The summed E-state index contributed by atoms with van der Waals surface area (Å²) in [6, 6.07) is 5.82. The Kier molecular flexibility index (Phi) is 2.42. The van der Waals surface area contributed by atoms with Crippen LogP contribution in [0.2, 0.25) is 0 Å². The van der Waals surface area contributed by atoms with Crippen molar-refractivity contribution in [2.24, 2.45) is 5.73 Å². The molecule has 3 heteroatoms. The second-order valence-electron chi connectivity index (χ2n) is 3.80. The Balaban J connectivity index is 2.21. The number of nitrogens with zero attached hydrogens (tertiary/aromatic N) is 1. The monoisotopic (exact) mass is 192 g/mol. The molecule has 0 radical (unpaired) electrons. The topological polar surface area (TPSA) is 48.1 Å². The third kappa shape index (κ3) is 1.60. The number of aromatic nitrogens is 1. The fraction of sp³-hybridized carbons (Fsp3) is 0.545. The molecule has 1 aliphatic carbocycles. The molecular formula is C11H16N2O. The highest BCUT2D eigenvalue weighted by molar-refractivity contribution is 5.23. The minimum Gasteiger partial charge on any atom is -0.478 e. The summed E-state index contributed by atoms with van der Waals surface area (Å²) in [7, 11) is 0. The van der Waals surface area contributed by atoms with E-state index in [0.29, 0.717) is 12.5 Å². The quantitative estimate of drug-likeness (QED) is 0.794. The number of pyridine rings is 1. The second kappa shape index (κ2) is 3.58. The highest BCUT2D eigenvalue weighted by Crippen LogP contribution is 2.37. The average Bonchev–Trinajstić information content (AvgIpc) is 2.15. The first-order valence-electron chi connectivity index (χ1n) is 5.14. The van der Waals surface area contributed by atoms with Crippen molar-refractivity contribution in [1.29, 1.82) is 0 Å².